The summed E-state index contributed by atoms with van der Waals surface area (Å²) in [5, 5.41) is 6.77. The summed E-state index contributed by atoms with van der Waals surface area (Å²) in [5.41, 5.74) is 14.4. The van der Waals surface area contributed by atoms with Gasteiger partial charge in [0.05, 0.1) is 16.7 Å². The van der Waals surface area contributed by atoms with Crippen LogP contribution in [0.2, 0.25) is 0 Å². The third-order valence-electron chi connectivity index (χ3n) is 12.9. The highest BCUT2D eigenvalue weighted by molar-refractivity contribution is 6.16. The molecule has 3 heterocycles. The van der Waals surface area contributed by atoms with Crippen molar-refractivity contribution < 1.29 is 4.42 Å². The minimum atomic E-state index is 0.576. The predicted molar refractivity (Wildman–Crippen MR) is 272 cm³/mol. The van der Waals surface area contributed by atoms with Gasteiger partial charge < -0.3 is 8.98 Å². The molecule has 0 saturated heterocycles. The molecular weight excluding hydrogens is 805 g/mol. The van der Waals surface area contributed by atoms with Gasteiger partial charge in [0.25, 0.3) is 0 Å². The molecule has 10 aromatic carbocycles. The number of para-hydroxylation sites is 1. The maximum atomic E-state index is 6.87. The van der Waals surface area contributed by atoms with Gasteiger partial charge in [-0.2, -0.15) is 0 Å². The first kappa shape index (κ1) is 37.6. The van der Waals surface area contributed by atoms with Crippen LogP contribution in [-0.2, 0) is 0 Å². The van der Waals surface area contributed by atoms with Gasteiger partial charge in [0.1, 0.15) is 11.2 Å². The zero-order valence-electron chi connectivity index (χ0n) is 35.6. The molecule has 0 saturated carbocycles. The summed E-state index contributed by atoms with van der Waals surface area (Å²) in [4.78, 5) is 15.5. The first-order chi connectivity index (χ1) is 32.7. The Kier molecular flexibility index (Phi) is 8.78. The minimum absolute atomic E-state index is 0.576. The van der Waals surface area contributed by atoms with Gasteiger partial charge in [-0.1, -0.05) is 194 Å². The lowest BCUT2D eigenvalue weighted by Gasteiger charge is -2.15. The molecule has 3 aromatic heterocycles. The predicted octanol–water partition coefficient (Wildman–Crippen LogP) is 16.0. The van der Waals surface area contributed by atoms with Gasteiger partial charge >= 0.3 is 0 Å². The summed E-state index contributed by atoms with van der Waals surface area (Å²) in [7, 11) is 0. The second-order valence-corrected chi connectivity index (χ2v) is 16.8. The van der Waals surface area contributed by atoms with Crippen LogP contribution >= 0.6 is 0 Å². The summed E-state index contributed by atoms with van der Waals surface area (Å²) < 4.78 is 9.28. The SMILES string of the molecule is c1ccc(-c2ccc(-c3ccc(-c4nc(-c5ccccc5)nc(-c5cccc6oc7cc(-n8c9ccccc9c9cc%10ccccc%10cc98)c(-c8ccccc8)cc7c56)n4)cc3)cc2)cc1. The fourth-order valence-electron chi connectivity index (χ4n) is 9.64. The van der Waals surface area contributed by atoms with Crippen LogP contribution in [0.15, 0.2) is 235 Å². The fourth-order valence-corrected chi connectivity index (χ4v) is 9.64. The molecule has 0 radical (unpaired) electrons. The van der Waals surface area contributed by atoms with E-state index in [2.05, 4.69) is 187 Å². The van der Waals surface area contributed by atoms with E-state index in [1.165, 1.54) is 32.7 Å². The molecule has 308 valence electrons. The molecule has 0 aliphatic heterocycles. The molecule has 66 heavy (non-hydrogen) atoms. The monoisotopic (exact) mass is 842 g/mol. The summed E-state index contributed by atoms with van der Waals surface area (Å²) in [6, 6.07) is 81.1. The van der Waals surface area contributed by atoms with Crippen molar-refractivity contribution in [2.45, 2.75) is 0 Å². The zero-order valence-corrected chi connectivity index (χ0v) is 35.6. The lowest BCUT2D eigenvalue weighted by atomic mass is 9.98. The molecule has 0 bridgehead atoms. The molecule has 0 N–H and O–H groups in total. The van der Waals surface area contributed by atoms with Crippen LogP contribution in [0.3, 0.4) is 0 Å². The van der Waals surface area contributed by atoms with E-state index in [0.29, 0.717) is 17.5 Å². The summed E-state index contributed by atoms with van der Waals surface area (Å²) in [6.45, 7) is 0. The molecule has 0 aliphatic carbocycles. The van der Waals surface area contributed by atoms with E-state index >= 15 is 0 Å². The summed E-state index contributed by atoms with van der Waals surface area (Å²) in [5.74, 6) is 1.78. The lowest BCUT2D eigenvalue weighted by molar-refractivity contribution is 0.668. The van der Waals surface area contributed by atoms with Crippen LogP contribution in [0.5, 0.6) is 0 Å². The number of fused-ring (bicyclic) bond motifs is 7. The Bertz CT molecular complexity index is 3950. The maximum Gasteiger partial charge on any atom is 0.164 e. The van der Waals surface area contributed by atoms with Crippen LogP contribution in [0.4, 0.5) is 0 Å². The van der Waals surface area contributed by atoms with E-state index in [1.807, 2.05) is 48.5 Å². The van der Waals surface area contributed by atoms with Crippen LogP contribution in [-0.4, -0.2) is 19.5 Å². The van der Waals surface area contributed by atoms with E-state index in [0.717, 1.165) is 77.6 Å². The zero-order chi connectivity index (χ0) is 43.6. The Morgan fingerprint density at radius 2 is 0.818 bits per heavy atom. The third kappa shape index (κ3) is 6.36. The smallest absolute Gasteiger partial charge is 0.164 e. The van der Waals surface area contributed by atoms with Crippen molar-refractivity contribution in [2.75, 3.05) is 0 Å². The normalized spacial score (nSPS) is 11.6. The Balaban J connectivity index is 0.985. The average Bonchev–Trinajstić information content (AvgIpc) is 3.93. The van der Waals surface area contributed by atoms with Crippen molar-refractivity contribution in [1.82, 2.24) is 19.5 Å². The van der Waals surface area contributed by atoms with Crippen molar-refractivity contribution in [3.63, 3.8) is 0 Å². The number of nitrogens with zero attached hydrogens (tertiary/aromatic N) is 4. The molecule has 5 heteroatoms. The highest BCUT2D eigenvalue weighted by atomic mass is 16.3. The Morgan fingerprint density at radius 1 is 0.303 bits per heavy atom. The molecule has 0 aliphatic rings. The van der Waals surface area contributed by atoms with Crippen molar-refractivity contribution in [3.8, 4) is 73.2 Å². The Hall–Kier alpha value is -8.93. The first-order valence-corrected chi connectivity index (χ1v) is 22.3. The Morgan fingerprint density at radius 3 is 1.48 bits per heavy atom. The van der Waals surface area contributed by atoms with Crippen molar-refractivity contribution in [2.24, 2.45) is 0 Å². The van der Waals surface area contributed by atoms with E-state index in [9.17, 15) is 0 Å². The Labute approximate surface area is 380 Å². The quantitative estimate of drug-likeness (QED) is 0.160. The molecule has 5 nitrogen and oxygen atoms in total. The second-order valence-electron chi connectivity index (χ2n) is 16.8. The van der Waals surface area contributed by atoms with Gasteiger partial charge in [0.15, 0.2) is 17.5 Å². The topological polar surface area (TPSA) is 56.7 Å². The summed E-state index contributed by atoms with van der Waals surface area (Å²) in [6.07, 6.45) is 0. The molecule has 13 rings (SSSR count). The molecule has 0 atom stereocenters. The molecule has 0 spiro atoms. The fraction of sp³-hybridized carbons (Fsp3) is 0. The number of furan rings is 1. The van der Waals surface area contributed by atoms with Crippen molar-refractivity contribution in [1.29, 1.82) is 0 Å². The lowest BCUT2D eigenvalue weighted by Crippen LogP contribution is -2.00. The third-order valence-corrected chi connectivity index (χ3v) is 12.9. The number of aromatic nitrogens is 4. The van der Waals surface area contributed by atoms with Gasteiger partial charge in [-0.25, -0.2) is 15.0 Å². The van der Waals surface area contributed by atoms with E-state index in [1.54, 1.807) is 0 Å². The van der Waals surface area contributed by atoms with Crippen LogP contribution < -0.4 is 0 Å². The highest BCUT2D eigenvalue weighted by Gasteiger charge is 2.22. The van der Waals surface area contributed by atoms with Crippen LogP contribution in [0.1, 0.15) is 0 Å². The highest BCUT2D eigenvalue weighted by Crippen LogP contribution is 2.44. The van der Waals surface area contributed by atoms with Gasteiger partial charge in [-0.05, 0) is 68.9 Å². The van der Waals surface area contributed by atoms with E-state index in [-0.39, 0.29) is 0 Å². The van der Waals surface area contributed by atoms with Crippen molar-refractivity contribution in [3.05, 3.63) is 231 Å². The van der Waals surface area contributed by atoms with Crippen LogP contribution in [0, 0.1) is 0 Å². The first-order valence-electron chi connectivity index (χ1n) is 22.3. The van der Waals surface area contributed by atoms with Gasteiger partial charge in [0, 0.05) is 49.9 Å². The number of hydrogen-bond donors (Lipinski definition) is 0. The molecule has 0 unspecified atom stereocenters. The number of benzene rings is 10. The van der Waals surface area contributed by atoms with Crippen molar-refractivity contribution >= 4 is 54.5 Å². The van der Waals surface area contributed by atoms with E-state index in [4.69, 9.17) is 19.4 Å². The minimum Gasteiger partial charge on any atom is -0.456 e. The molecule has 0 amide bonds. The molecule has 13 aromatic rings. The van der Waals surface area contributed by atoms with Crippen LogP contribution in [0.25, 0.3) is 128 Å². The summed E-state index contributed by atoms with van der Waals surface area (Å²) >= 11 is 0. The number of hydrogen-bond acceptors (Lipinski definition) is 4. The maximum absolute atomic E-state index is 6.87. The largest absolute Gasteiger partial charge is 0.456 e. The number of rotatable bonds is 7. The van der Waals surface area contributed by atoms with Gasteiger partial charge in [0.2, 0.25) is 0 Å². The van der Waals surface area contributed by atoms with Gasteiger partial charge in [-0.15, -0.1) is 0 Å². The average molecular weight is 843 g/mol. The second kappa shape index (κ2) is 15.4. The molecular formula is C61H38N4O. The molecule has 0 fully saturated rings. The standard InChI is InChI=1S/C61H38N4O/c1-4-15-39(16-5-1)40-27-29-41(30-28-40)42-31-33-45(34-32-42)60-62-59(44-19-8-3-9-20-44)63-61(64-60)49-24-14-26-56-58(49)52-37-50(43-17-6-2-7-18-43)55(38-57(52)66-56)65-53-25-13-12-23-48(53)51-35-46-21-10-11-22-47(46)36-54(51)65/h1-38H. The van der Waals surface area contributed by atoms with E-state index < -0.39 is 0 Å². The van der Waals surface area contributed by atoms with Gasteiger partial charge in [-0.3, -0.25) is 0 Å².